The summed E-state index contributed by atoms with van der Waals surface area (Å²) in [5.41, 5.74) is 8.18. The number of nitrogen functional groups attached to an aromatic ring is 1. The number of nitrogens with two attached hydrogens (primary N) is 1. The summed E-state index contributed by atoms with van der Waals surface area (Å²) >= 11 is 0. The molecule has 1 aromatic carbocycles. The Balaban J connectivity index is 2.68. The summed E-state index contributed by atoms with van der Waals surface area (Å²) in [6.45, 7) is 5.74. The SMILES string of the molecule is C=C(C)c1cc2cc(N)ccc2o1. The molecule has 0 saturated heterocycles. The molecule has 0 aliphatic rings. The molecule has 0 saturated carbocycles. The van der Waals surface area contributed by atoms with Crippen LogP contribution in [0.4, 0.5) is 5.69 Å². The van der Waals surface area contributed by atoms with E-state index in [1.54, 1.807) is 0 Å². The van der Waals surface area contributed by atoms with E-state index in [0.717, 1.165) is 28.0 Å². The molecule has 0 bridgehead atoms. The molecule has 0 radical (unpaired) electrons. The van der Waals surface area contributed by atoms with Gasteiger partial charge >= 0.3 is 0 Å². The first-order valence-corrected chi connectivity index (χ1v) is 4.12. The number of furan rings is 1. The Hall–Kier alpha value is -1.70. The van der Waals surface area contributed by atoms with Gasteiger partial charge in [-0.25, -0.2) is 0 Å². The van der Waals surface area contributed by atoms with Crippen molar-refractivity contribution in [2.45, 2.75) is 6.92 Å². The van der Waals surface area contributed by atoms with Gasteiger partial charge in [0.2, 0.25) is 0 Å². The molecule has 0 unspecified atom stereocenters. The summed E-state index contributed by atoms with van der Waals surface area (Å²) in [6.07, 6.45) is 0. The zero-order chi connectivity index (χ0) is 9.42. The van der Waals surface area contributed by atoms with Crippen LogP contribution in [-0.2, 0) is 0 Å². The van der Waals surface area contributed by atoms with Crippen molar-refractivity contribution in [2.75, 3.05) is 5.73 Å². The van der Waals surface area contributed by atoms with E-state index in [1.165, 1.54) is 0 Å². The molecule has 13 heavy (non-hydrogen) atoms. The maximum Gasteiger partial charge on any atom is 0.134 e. The van der Waals surface area contributed by atoms with E-state index in [9.17, 15) is 0 Å². The highest BCUT2D eigenvalue weighted by Crippen LogP contribution is 2.24. The molecule has 0 atom stereocenters. The summed E-state index contributed by atoms with van der Waals surface area (Å²) in [4.78, 5) is 0. The van der Waals surface area contributed by atoms with Crippen LogP contribution in [0.15, 0.2) is 35.3 Å². The molecule has 0 fully saturated rings. The smallest absolute Gasteiger partial charge is 0.134 e. The van der Waals surface area contributed by atoms with Gasteiger partial charge in [-0.3, -0.25) is 0 Å². The molecule has 2 heteroatoms. The number of hydrogen-bond donors (Lipinski definition) is 1. The first-order chi connectivity index (χ1) is 6.16. The molecule has 0 aliphatic heterocycles. The van der Waals surface area contributed by atoms with Gasteiger partial charge in [0.05, 0.1) is 0 Å². The number of fused-ring (bicyclic) bond motifs is 1. The lowest BCUT2D eigenvalue weighted by Crippen LogP contribution is -1.80. The molecule has 2 aromatic rings. The Morgan fingerprint density at radius 1 is 1.38 bits per heavy atom. The fourth-order valence-electron chi connectivity index (χ4n) is 1.27. The number of benzene rings is 1. The molecular formula is C11H11NO. The Morgan fingerprint density at radius 2 is 2.15 bits per heavy atom. The van der Waals surface area contributed by atoms with Crippen LogP contribution in [0.25, 0.3) is 16.5 Å². The highest BCUT2D eigenvalue weighted by molar-refractivity contribution is 5.84. The van der Waals surface area contributed by atoms with Crippen molar-refractivity contribution in [2.24, 2.45) is 0 Å². The van der Waals surface area contributed by atoms with Crippen molar-refractivity contribution < 1.29 is 4.42 Å². The Morgan fingerprint density at radius 3 is 2.85 bits per heavy atom. The van der Waals surface area contributed by atoms with E-state index in [-0.39, 0.29) is 0 Å². The highest BCUT2D eigenvalue weighted by Gasteiger charge is 2.03. The normalized spacial score (nSPS) is 10.5. The number of anilines is 1. The lowest BCUT2D eigenvalue weighted by molar-refractivity contribution is 0.599. The molecule has 0 amide bonds. The van der Waals surface area contributed by atoms with Crippen molar-refractivity contribution in [3.63, 3.8) is 0 Å². The Bertz CT molecular complexity index is 468. The average molecular weight is 173 g/mol. The minimum atomic E-state index is 0.751. The molecule has 1 heterocycles. The quantitative estimate of drug-likeness (QED) is 0.673. The molecule has 0 aliphatic carbocycles. The lowest BCUT2D eigenvalue weighted by atomic mass is 10.2. The van der Waals surface area contributed by atoms with Crippen molar-refractivity contribution in [1.82, 2.24) is 0 Å². The number of hydrogen-bond acceptors (Lipinski definition) is 2. The lowest BCUT2D eigenvalue weighted by Gasteiger charge is -1.90. The van der Waals surface area contributed by atoms with Gasteiger partial charge in [-0.05, 0) is 36.8 Å². The van der Waals surface area contributed by atoms with Crippen LogP contribution < -0.4 is 5.73 Å². The van der Waals surface area contributed by atoms with Crippen LogP contribution in [0.3, 0.4) is 0 Å². The fourth-order valence-corrected chi connectivity index (χ4v) is 1.27. The zero-order valence-corrected chi connectivity index (χ0v) is 7.50. The second-order valence-corrected chi connectivity index (χ2v) is 3.19. The molecular weight excluding hydrogens is 162 g/mol. The first kappa shape index (κ1) is 7.92. The summed E-state index contributed by atoms with van der Waals surface area (Å²) in [5, 5.41) is 1.03. The third-order valence-corrected chi connectivity index (χ3v) is 1.96. The van der Waals surface area contributed by atoms with Crippen LogP contribution in [0.1, 0.15) is 12.7 Å². The van der Waals surface area contributed by atoms with Crippen LogP contribution in [0.2, 0.25) is 0 Å². The van der Waals surface area contributed by atoms with Gasteiger partial charge in [-0.1, -0.05) is 6.58 Å². The highest BCUT2D eigenvalue weighted by atomic mass is 16.3. The molecule has 66 valence electrons. The summed E-state index contributed by atoms with van der Waals surface area (Å²) in [7, 11) is 0. The van der Waals surface area contributed by atoms with Crippen molar-refractivity contribution in [1.29, 1.82) is 0 Å². The second kappa shape index (κ2) is 2.66. The van der Waals surface area contributed by atoms with E-state index in [2.05, 4.69) is 6.58 Å². The van der Waals surface area contributed by atoms with Crippen molar-refractivity contribution in [3.8, 4) is 0 Å². The summed E-state index contributed by atoms with van der Waals surface area (Å²) in [5.74, 6) is 0.820. The van der Waals surface area contributed by atoms with Crippen LogP contribution in [-0.4, -0.2) is 0 Å². The number of allylic oxidation sites excluding steroid dienone is 1. The minimum absolute atomic E-state index is 0.751. The summed E-state index contributed by atoms with van der Waals surface area (Å²) < 4.78 is 5.53. The third-order valence-electron chi connectivity index (χ3n) is 1.96. The molecule has 2 N–H and O–H groups in total. The largest absolute Gasteiger partial charge is 0.456 e. The predicted molar refractivity (Wildman–Crippen MR) is 55.3 cm³/mol. The first-order valence-electron chi connectivity index (χ1n) is 4.12. The maximum atomic E-state index is 5.65. The van der Waals surface area contributed by atoms with E-state index < -0.39 is 0 Å². The Kier molecular flexibility index (Phi) is 1.62. The average Bonchev–Trinajstić information content (AvgIpc) is 2.46. The molecule has 0 spiro atoms. The Labute approximate surface area is 76.7 Å². The summed E-state index contributed by atoms with van der Waals surface area (Å²) in [6, 6.07) is 7.55. The third kappa shape index (κ3) is 1.31. The van der Waals surface area contributed by atoms with E-state index in [1.807, 2.05) is 31.2 Å². The van der Waals surface area contributed by atoms with Crippen molar-refractivity contribution >= 4 is 22.2 Å². The van der Waals surface area contributed by atoms with E-state index >= 15 is 0 Å². The predicted octanol–water partition coefficient (Wildman–Crippen LogP) is 3.05. The van der Waals surface area contributed by atoms with Crippen molar-refractivity contribution in [3.05, 3.63) is 36.6 Å². The standard InChI is InChI=1S/C11H11NO/c1-7(2)11-6-8-5-9(12)3-4-10(8)13-11/h3-6H,1,12H2,2H3. The zero-order valence-electron chi connectivity index (χ0n) is 7.50. The monoisotopic (exact) mass is 173 g/mol. The van der Waals surface area contributed by atoms with Gasteiger partial charge in [0.1, 0.15) is 11.3 Å². The minimum Gasteiger partial charge on any atom is -0.456 e. The van der Waals surface area contributed by atoms with E-state index in [4.69, 9.17) is 10.2 Å². The van der Waals surface area contributed by atoms with Gasteiger partial charge in [-0.2, -0.15) is 0 Å². The van der Waals surface area contributed by atoms with Gasteiger partial charge in [-0.15, -0.1) is 0 Å². The molecule has 1 aromatic heterocycles. The fraction of sp³-hybridized carbons (Fsp3) is 0.0909. The number of rotatable bonds is 1. The van der Waals surface area contributed by atoms with Gasteiger partial charge in [0, 0.05) is 11.1 Å². The molecule has 2 nitrogen and oxygen atoms in total. The molecule has 2 rings (SSSR count). The second-order valence-electron chi connectivity index (χ2n) is 3.19. The van der Waals surface area contributed by atoms with Gasteiger partial charge < -0.3 is 10.2 Å². The van der Waals surface area contributed by atoms with Gasteiger partial charge in [0.25, 0.3) is 0 Å². The van der Waals surface area contributed by atoms with Crippen LogP contribution in [0, 0.1) is 0 Å². The van der Waals surface area contributed by atoms with Crippen LogP contribution in [0.5, 0.6) is 0 Å². The van der Waals surface area contributed by atoms with E-state index in [0.29, 0.717) is 0 Å². The topological polar surface area (TPSA) is 39.2 Å². The van der Waals surface area contributed by atoms with Gasteiger partial charge in [0.15, 0.2) is 0 Å². The van der Waals surface area contributed by atoms with Crippen LogP contribution >= 0.6 is 0 Å². The maximum absolute atomic E-state index is 5.65.